The first-order chi connectivity index (χ1) is 13.1. The van der Waals surface area contributed by atoms with Crippen LogP contribution in [0.25, 0.3) is 0 Å². The predicted octanol–water partition coefficient (Wildman–Crippen LogP) is 2.73. The van der Waals surface area contributed by atoms with Crippen LogP contribution in [-0.4, -0.2) is 32.7 Å². The highest BCUT2D eigenvalue weighted by atomic mass is 32.2. The topological polar surface area (TPSA) is 132 Å². The number of anilines is 2. The zero-order valence-corrected chi connectivity index (χ0v) is 16.6. The van der Waals surface area contributed by atoms with E-state index in [0.717, 1.165) is 0 Å². The lowest BCUT2D eigenvalue weighted by Gasteiger charge is -2.09. The minimum Gasteiger partial charge on any atom is -0.462 e. The van der Waals surface area contributed by atoms with Gasteiger partial charge in [-0.3, -0.25) is 9.59 Å². The Kier molecular flexibility index (Phi) is 6.24. The molecule has 0 fully saturated rings. The van der Waals surface area contributed by atoms with E-state index in [-0.39, 0.29) is 34.3 Å². The van der Waals surface area contributed by atoms with E-state index in [9.17, 15) is 22.8 Å². The average molecular weight is 408 g/mol. The van der Waals surface area contributed by atoms with Crippen LogP contribution >= 0.6 is 0 Å². The van der Waals surface area contributed by atoms with E-state index in [1.54, 1.807) is 6.92 Å². The predicted molar refractivity (Wildman–Crippen MR) is 101 cm³/mol. The molecule has 28 heavy (non-hydrogen) atoms. The van der Waals surface area contributed by atoms with Gasteiger partial charge in [-0.05, 0) is 45.0 Å². The molecule has 2 rings (SSSR count). The Morgan fingerprint density at radius 3 is 2.18 bits per heavy atom. The summed E-state index contributed by atoms with van der Waals surface area (Å²) >= 11 is 0. The van der Waals surface area contributed by atoms with E-state index < -0.39 is 27.7 Å². The molecular weight excluding hydrogens is 388 g/mol. The van der Waals surface area contributed by atoms with Crippen LogP contribution in [0, 0.1) is 6.92 Å². The highest BCUT2D eigenvalue weighted by molar-refractivity contribution is 7.92. The number of hydrogen-bond acceptors (Lipinski definition) is 7. The van der Waals surface area contributed by atoms with Gasteiger partial charge in [-0.1, -0.05) is 0 Å². The molecular formula is C18H20N2O7S. The monoisotopic (exact) mass is 408 g/mol. The van der Waals surface area contributed by atoms with Gasteiger partial charge in [-0.25, -0.2) is 17.9 Å². The molecule has 9 nitrogen and oxygen atoms in total. The van der Waals surface area contributed by atoms with Crippen molar-refractivity contribution in [3.8, 4) is 0 Å². The van der Waals surface area contributed by atoms with Gasteiger partial charge in [0.05, 0.1) is 17.1 Å². The highest BCUT2D eigenvalue weighted by Gasteiger charge is 2.30. The van der Waals surface area contributed by atoms with Crippen LogP contribution in [0.4, 0.5) is 11.6 Å². The molecule has 1 heterocycles. The molecule has 0 aliphatic rings. The summed E-state index contributed by atoms with van der Waals surface area (Å²) in [6.45, 7) is 5.63. The Morgan fingerprint density at radius 1 is 1.07 bits per heavy atom. The third-order valence-electron chi connectivity index (χ3n) is 3.63. The lowest BCUT2D eigenvalue weighted by molar-refractivity contribution is -0.114. The van der Waals surface area contributed by atoms with E-state index in [4.69, 9.17) is 9.15 Å². The van der Waals surface area contributed by atoms with Crippen LogP contribution in [0.1, 0.15) is 47.2 Å². The van der Waals surface area contributed by atoms with Gasteiger partial charge in [0.2, 0.25) is 11.8 Å². The molecule has 0 aliphatic carbocycles. The second-order valence-corrected chi connectivity index (χ2v) is 7.51. The van der Waals surface area contributed by atoms with Crippen molar-refractivity contribution < 1.29 is 32.0 Å². The first-order valence-electron chi connectivity index (χ1n) is 8.28. The molecule has 1 aromatic carbocycles. The quantitative estimate of drug-likeness (QED) is 0.532. The molecule has 0 aliphatic heterocycles. The molecule has 1 amide bonds. The van der Waals surface area contributed by atoms with Crippen LogP contribution in [0.5, 0.6) is 0 Å². The van der Waals surface area contributed by atoms with Gasteiger partial charge in [-0.2, -0.15) is 0 Å². The minimum atomic E-state index is -4.13. The van der Waals surface area contributed by atoms with Gasteiger partial charge in [0.1, 0.15) is 11.3 Å². The van der Waals surface area contributed by atoms with Crippen molar-refractivity contribution >= 4 is 39.3 Å². The summed E-state index contributed by atoms with van der Waals surface area (Å²) in [5, 5.41) is 2.52. The molecule has 0 atom stereocenters. The Labute approximate surface area is 162 Å². The minimum absolute atomic E-state index is 0.0389. The summed E-state index contributed by atoms with van der Waals surface area (Å²) in [6.07, 6.45) is 0. The number of carbonyl (C=O) groups excluding carboxylic acids is 3. The molecule has 0 saturated heterocycles. The third kappa shape index (κ3) is 4.58. The molecule has 2 N–H and O–H groups in total. The number of rotatable bonds is 7. The number of ether oxygens (including phenoxy) is 1. The lowest BCUT2D eigenvalue weighted by atomic mass is 10.1. The number of hydrogen-bond donors (Lipinski definition) is 2. The van der Waals surface area contributed by atoms with E-state index in [1.165, 1.54) is 45.0 Å². The number of aryl methyl sites for hydroxylation is 1. The van der Waals surface area contributed by atoms with Gasteiger partial charge >= 0.3 is 5.97 Å². The first kappa shape index (κ1) is 21.2. The summed E-state index contributed by atoms with van der Waals surface area (Å²) in [4.78, 5) is 35.1. The van der Waals surface area contributed by atoms with Crippen molar-refractivity contribution in [2.24, 2.45) is 0 Å². The number of nitrogens with one attached hydrogen (secondary N) is 2. The number of benzene rings is 1. The van der Waals surface area contributed by atoms with Crippen LogP contribution < -0.4 is 10.0 Å². The van der Waals surface area contributed by atoms with Crippen molar-refractivity contribution in [1.82, 2.24) is 0 Å². The van der Waals surface area contributed by atoms with Gasteiger partial charge in [-0.15, -0.1) is 0 Å². The van der Waals surface area contributed by atoms with Gasteiger partial charge < -0.3 is 14.5 Å². The van der Waals surface area contributed by atoms with E-state index in [2.05, 4.69) is 10.0 Å². The number of carbonyl (C=O) groups is 3. The number of esters is 1. The Bertz CT molecular complexity index is 1020. The maximum Gasteiger partial charge on any atom is 0.344 e. The molecule has 0 radical (unpaired) electrons. The molecule has 150 valence electrons. The van der Waals surface area contributed by atoms with E-state index in [0.29, 0.717) is 5.69 Å². The van der Waals surface area contributed by atoms with Crippen molar-refractivity contribution in [3.63, 3.8) is 0 Å². The molecule has 2 aromatic rings. The zero-order valence-electron chi connectivity index (χ0n) is 15.8. The van der Waals surface area contributed by atoms with Crippen LogP contribution in [0.3, 0.4) is 0 Å². The Morgan fingerprint density at radius 2 is 1.68 bits per heavy atom. The summed E-state index contributed by atoms with van der Waals surface area (Å²) in [5.41, 5.74) is 0.105. The molecule has 0 saturated carbocycles. The Hall–Kier alpha value is -3.14. The van der Waals surface area contributed by atoms with Crippen LogP contribution in [-0.2, 0) is 19.6 Å². The van der Waals surface area contributed by atoms with E-state index in [1.807, 2.05) is 0 Å². The SMILES string of the molecule is CCOC(=O)c1c(NS(=O)(=O)c2ccc(NC(C)=O)cc2)oc(C)c1C(C)=O. The van der Waals surface area contributed by atoms with Crippen LogP contribution in [0.2, 0.25) is 0 Å². The smallest absolute Gasteiger partial charge is 0.344 e. The number of ketones is 1. The van der Waals surface area contributed by atoms with Gasteiger partial charge in [0, 0.05) is 12.6 Å². The second kappa shape index (κ2) is 8.26. The highest BCUT2D eigenvalue weighted by Crippen LogP contribution is 2.30. The Balaban J connectivity index is 2.43. The van der Waals surface area contributed by atoms with Crippen molar-refractivity contribution in [1.29, 1.82) is 0 Å². The second-order valence-electron chi connectivity index (χ2n) is 5.83. The van der Waals surface area contributed by atoms with E-state index >= 15 is 0 Å². The van der Waals surface area contributed by atoms with Crippen molar-refractivity contribution in [2.75, 3.05) is 16.6 Å². The van der Waals surface area contributed by atoms with Crippen LogP contribution in [0.15, 0.2) is 33.6 Å². The third-order valence-corrected chi connectivity index (χ3v) is 4.97. The van der Waals surface area contributed by atoms with Gasteiger partial charge in [0.15, 0.2) is 5.78 Å². The summed E-state index contributed by atoms with van der Waals surface area (Å²) in [5.74, 6) is -1.94. The number of Topliss-reactive ketones (excluding diaryl/α,β-unsaturated/α-hetero) is 1. The molecule has 10 heteroatoms. The summed E-state index contributed by atoms with van der Waals surface area (Å²) < 4.78 is 37.8. The number of furan rings is 1. The largest absolute Gasteiger partial charge is 0.462 e. The molecule has 1 aromatic heterocycles. The molecule has 0 spiro atoms. The standard InChI is InChI=1S/C18H20N2O7S/c1-5-26-18(23)16-15(10(2)21)11(3)27-17(16)20-28(24,25)14-8-6-13(7-9-14)19-12(4)22/h6-9,20H,5H2,1-4H3,(H,19,22). The fourth-order valence-electron chi connectivity index (χ4n) is 2.54. The fourth-order valence-corrected chi connectivity index (χ4v) is 3.54. The zero-order chi connectivity index (χ0) is 21.1. The lowest BCUT2D eigenvalue weighted by Crippen LogP contribution is -2.17. The molecule has 0 bridgehead atoms. The fraction of sp³-hybridized carbons (Fsp3) is 0.278. The normalized spacial score (nSPS) is 11.0. The van der Waals surface area contributed by atoms with Gasteiger partial charge in [0.25, 0.3) is 10.0 Å². The summed E-state index contributed by atoms with van der Waals surface area (Å²) in [6, 6.07) is 5.38. The van der Waals surface area contributed by atoms with Crippen molar-refractivity contribution in [3.05, 3.63) is 41.2 Å². The number of sulfonamides is 1. The number of amides is 1. The first-order valence-corrected chi connectivity index (χ1v) is 9.77. The maximum absolute atomic E-state index is 12.7. The van der Waals surface area contributed by atoms with Crippen molar-refractivity contribution in [2.45, 2.75) is 32.6 Å². The summed E-state index contributed by atoms with van der Waals surface area (Å²) in [7, 11) is -4.13. The maximum atomic E-state index is 12.7. The average Bonchev–Trinajstić information content (AvgIpc) is 2.90. The molecule has 0 unspecified atom stereocenters.